The summed E-state index contributed by atoms with van der Waals surface area (Å²) in [5.74, 6) is 0.670. The van der Waals surface area contributed by atoms with E-state index in [9.17, 15) is 0 Å². The molecule has 2 aliphatic rings. The minimum absolute atomic E-state index is 0.547. The molecule has 3 atom stereocenters. The zero-order chi connectivity index (χ0) is 9.38. The van der Waals surface area contributed by atoms with Gasteiger partial charge in [0.1, 0.15) is 0 Å². The molecule has 0 radical (unpaired) electrons. The highest BCUT2D eigenvalue weighted by Gasteiger charge is 2.55. The van der Waals surface area contributed by atoms with E-state index >= 15 is 0 Å². The van der Waals surface area contributed by atoms with Crippen LogP contribution in [0, 0.1) is 5.92 Å². The summed E-state index contributed by atoms with van der Waals surface area (Å²) >= 11 is 0. The van der Waals surface area contributed by atoms with Gasteiger partial charge in [0.15, 0.2) is 0 Å². The molecule has 2 heteroatoms. The van der Waals surface area contributed by atoms with Gasteiger partial charge < -0.3 is 9.47 Å². The highest BCUT2D eigenvalue weighted by atomic mass is 16.6. The molecule has 0 N–H and O–H groups in total. The smallest absolute Gasteiger partial charge is 0.0893 e. The Labute approximate surface area is 83.8 Å². The Kier molecular flexibility index (Phi) is 2.03. The van der Waals surface area contributed by atoms with Gasteiger partial charge >= 0.3 is 0 Å². The van der Waals surface area contributed by atoms with Crippen molar-refractivity contribution in [2.45, 2.75) is 25.2 Å². The highest BCUT2D eigenvalue weighted by molar-refractivity contribution is 5.13. The van der Waals surface area contributed by atoms with Crippen molar-refractivity contribution in [1.29, 1.82) is 0 Å². The first-order chi connectivity index (χ1) is 6.93. The Balaban J connectivity index is 1.42. The maximum absolute atomic E-state index is 5.64. The lowest BCUT2D eigenvalue weighted by Gasteiger charge is -2.19. The van der Waals surface area contributed by atoms with Crippen LogP contribution in [0.4, 0.5) is 0 Å². The largest absolute Gasteiger partial charge is 0.376 e. The molecule has 2 fully saturated rings. The molecule has 0 unspecified atom stereocenters. The van der Waals surface area contributed by atoms with Crippen LogP contribution in [0.2, 0.25) is 0 Å². The molecule has 74 valence electrons. The third kappa shape index (κ3) is 1.56. The maximum Gasteiger partial charge on any atom is 0.0893 e. The van der Waals surface area contributed by atoms with Gasteiger partial charge in [0.2, 0.25) is 0 Å². The van der Waals surface area contributed by atoms with Gasteiger partial charge in [-0.2, -0.15) is 0 Å². The van der Waals surface area contributed by atoms with Crippen LogP contribution in [-0.4, -0.2) is 18.8 Å². The van der Waals surface area contributed by atoms with Crippen molar-refractivity contribution in [3.8, 4) is 0 Å². The van der Waals surface area contributed by atoms with Crippen LogP contribution < -0.4 is 0 Å². The fourth-order valence-corrected chi connectivity index (χ4v) is 2.06. The van der Waals surface area contributed by atoms with Crippen LogP contribution in [0.3, 0.4) is 0 Å². The molecule has 0 amide bonds. The second kappa shape index (κ2) is 3.37. The second-order valence-corrected chi connectivity index (χ2v) is 4.14. The summed E-state index contributed by atoms with van der Waals surface area (Å²) in [6, 6.07) is 10.3. The minimum atomic E-state index is 0.547. The van der Waals surface area contributed by atoms with Gasteiger partial charge in [-0.25, -0.2) is 0 Å². The van der Waals surface area contributed by atoms with E-state index in [1.165, 1.54) is 12.0 Å². The van der Waals surface area contributed by atoms with Crippen molar-refractivity contribution in [3.05, 3.63) is 35.9 Å². The van der Waals surface area contributed by atoms with Gasteiger partial charge in [-0.15, -0.1) is 0 Å². The fourth-order valence-electron chi connectivity index (χ4n) is 2.06. The number of rotatable bonds is 4. The van der Waals surface area contributed by atoms with Gasteiger partial charge in [-0.3, -0.25) is 0 Å². The van der Waals surface area contributed by atoms with Crippen molar-refractivity contribution >= 4 is 0 Å². The summed E-state index contributed by atoms with van der Waals surface area (Å²) < 4.78 is 11.0. The molecule has 14 heavy (non-hydrogen) atoms. The lowest BCUT2D eigenvalue weighted by Crippen LogP contribution is -2.27. The fraction of sp³-hybridized carbons (Fsp3) is 0.500. The Morgan fingerprint density at radius 2 is 2.14 bits per heavy atom. The van der Waals surface area contributed by atoms with Crippen LogP contribution in [0.25, 0.3) is 0 Å². The van der Waals surface area contributed by atoms with Crippen LogP contribution >= 0.6 is 0 Å². The number of fused-ring (bicyclic) bond motifs is 1. The van der Waals surface area contributed by atoms with E-state index < -0.39 is 0 Å². The third-order valence-electron chi connectivity index (χ3n) is 3.06. The lowest BCUT2D eigenvalue weighted by atomic mass is 9.86. The average Bonchev–Trinajstić information content (AvgIpc) is 2.86. The van der Waals surface area contributed by atoms with E-state index in [0.29, 0.717) is 18.1 Å². The van der Waals surface area contributed by atoms with Gasteiger partial charge in [0.05, 0.1) is 25.4 Å². The monoisotopic (exact) mass is 190 g/mol. The minimum Gasteiger partial charge on any atom is -0.376 e. The van der Waals surface area contributed by atoms with Gasteiger partial charge in [0, 0.05) is 5.92 Å². The van der Waals surface area contributed by atoms with Crippen LogP contribution in [0.5, 0.6) is 0 Å². The SMILES string of the molecule is c1ccc(COC[C@@H]2C[C@H]3O[C@@H]23)cc1. The normalized spacial score (nSPS) is 33.3. The van der Waals surface area contributed by atoms with Crippen molar-refractivity contribution in [2.24, 2.45) is 5.92 Å². The molecule has 1 aromatic carbocycles. The number of hydrogen-bond donors (Lipinski definition) is 0. The molecule has 0 aromatic heterocycles. The summed E-state index contributed by atoms with van der Waals surface area (Å²) in [4.78, 5) is 0. The summed E-state index contributed by atoms with van der Waals surface area (Å²) in [6.07, 6.45) is 2.35. The second-order valence-electron chi connectivity index (χ2n) is 4.14. The topological polar surface area (TPSA) is 21.8 Å². The van der Waals surface area contributed by atoms with E-state index in [4.69, 9.17) is 9.47 Å². The predicted octanol–water partition coefficient (Wildman–Crippen LogP) is 1.99. The Hall–Kier alpha value is -0.860. The molecule has 1 aromatic rings. The van der Waals surface area contributed by atoms with E-state index in [2.05, 4.69) is 12.1 Å². The lowest BCUT2D eigenvalue weighted by molar-refractivity contribution is 0.0697. The van der Waals surface area contributed by atoms with Gasteiger partial charge in [-0.1, -0.05) is 30.3 Å². The molecule has 1 heterocycles. The Morgan fingerprint density at radius 3 is 2.79 bits per heavy atom. The standard InChI is InChI=1S/C12H14O2/c1-2-4-9(5-3-1)7-13-8-10-6-11-12(10)14-11/h1-5,10-12H,6-8H2/t10-,11+,12-/m0/s1. The predicted molar refractivity (Wildman–Crippen MR) is 52.9 cm³/mol. The zero-order valence-corrected chi connectivity index (χ0v) is 8.06. The number of hydrogen-bond acceptors (Lipinski definition) is 2. The molecule has 3 rings (SSSR count). The number of ether oxygens (including phenoxy) is 2. The molecular formula is C12H14O2. The van der Waals surface area contributed by atoms with Crippen molar-refractivity contribution in [2.75, 3.05) is 6.61 Å². The Bertz CT molecular complexity index is 309. The van der Waals surface area contributed by atoms with E-state index in [-0.39, 0.29) is 0 Å². The van der Waals surface area contributed by atoms with Crippen molar-refractivity contribution in [1.82, 2.24) is 0 Å². The molecule has 1 saturated heterocycles. The molecule has 2 nitrogen and oxygen atoms in total. The zero-order valence-electron chi connectivity index (χ0n) is 8.06. The van der Waals surface area contributed by atoms with Crippen molar-refractivity contribution < 1.29 is 9.47 Å². The highest BCUT2D eigenvalue weighted by Crippen LogP contribution is 2.46. The van der Waals surface area contributed by atoms with Gasteiger partial charge in [-0.05, 0) is 12.0 Å². The maximum atomic E-state index is 5.64. The van der Waals surface area contributed by atoms with E-state index in [0.717, 1.165) is 13.2 Å². The van der Waals surface area contributed by atoms with Crippen molar-refractivity contribution in [3.63, 3.8) is 0 Å². The van der Waals surface area contributed by atoms with Crippen LogP contribution in [-0.2, 0) is 16.1 Å². The first kappa shape index (κ1) is 8.45. The first-order valence-electron chi connectivity index (χ1n) is 5.20. The molecule has 1 aliphatic carbocycles. The summed E-state index contributed by atoms with van der Waals surface area (Å²) in [5, 5.41) is 0. The van der Waals surface area contributed by atoms with Crippen LogP contribution in [0.1, 0.15) is 12.0 Å². The average molecular weight is 190 g/mol. The van der Waals surface area contributed by atoms with Crippen LogP contribution in [0.15, 0.2) is 30.3 Å². The summed E-state index contributed by atoms with van der Waals surface area (Å²) in [5.41, 5.74) is 1.25. The molecule has 1 saturated carbocycles. The summed E-state index contributed by atoms with van der Waals surface area (Å²) in [6.45, 7) is 1.59. The molecule has 0 bridgehead atoms. The molecule has 0 spiro atoms. The van der Waals surface area contributed by atoms with Gasteiger partial charge in [0.25, 0.3) is 0 Å². The quantitative estimate of drug-likeness (QED) is 0.677. The number of epoxide rings is 1. The van der Waals surface area contributed by atoms with E-state index in [1.807, 2.05) is 18.2 Å². The summed E-state index contributed by atoms with van der Waals surface area (Å²) in [7, 11) is 0. The Morgan fingerprint density at radius 1 is 1.29 bits per heavy atom. The third-order valence-corrected chi connectivity index (χ3v) is 3.06. The van der Waals surface area contributed by atoms with E-state index in [1.54, 1.807) is 0 Å². The molecule has 1 aliphatic heterocycles. The molecular weight excluding hydrogens is 176 g/mol. The first-order valence-corrected chi connectivity index (χ1v) is 5.20. The number of benzene rings is 1.